The zero-order valence-corrected chi connectivity index (χ0v) is 12.8. The fraction of sp³-hybridized carbons (Fsp3) is 0.400. The first-order valence-corrected chi connectivity index (χ1v) is 7.64. The van der Waals surface area contributed by atoms with E-state index < -0.39 is 0 Å². The van der Waals surface area contributed by atoms with Gasteiger partial charge in [-0.3, -0.25) is 15.0 Å². The molecule has 118 valence electrons. The number of likely N-dealkylation sites (tertiary alicyclic amines) is 1. The fourth-order valence-electron chi connectivity index (χ4n) is 2.96. The van der Waals surface area contributed by atoms with E-state index in [1.54, 1.807) is 12.5 Å². The first kappa shape index (κ1) is 14.0. The quantitative estimate of drug-likeness (QED) is 0.786. The summed E-state index contributed by atoms with van der Waals surface area (Å²) in [6.45, 7) is 3.59. The molecule has 0 bridgehead atoms. The molecule has 1 aliphatic rings. The van der Waals surface area contributed by atoms with Crippen molar-refractivity contribution in [3.63, 3.8) is 0 Å². The lowest BCUT2D eigenvalue weighted by Gasteiger charge is -2.20. The van der Waals surface area contributed by atoms with Crippen molar-refractivity contribution in [1.29, 1.82) is 0 Å². The number of hydrogen-bond donors (Lipinski definition) is 1. The van der Waals surface area contributed by atoms with E-state index in [0.29, 0.717) is 18.3 Å². The van der Waals surface area contributed by atoms with Crippen LogP contribution in [0.15, 0.2) is 29.2 Å². The second kappa shape index (κ2) is 5.88. The molecule has 3 aromatic rings. The molecule has 1 fully saturated rings. The van der Waals surface area contributed by atoms with E-state index in [2.05, 4.69) is 35.2 Å². The van der Waals surface area contributed by atoms with Crippen LogP contribution in [-0.4, -0.2) is 41.8 Å². The molecule has 0 spiro atoms. The molecule has 1 atom stereocenters. The summed E-state index contributed by atoms with van der Waals surface area (Å²) in [5, 5.41) is 10.9. The molecule has 0 radical (unpaired) electrons. The van der Waals surface area contributed by atoms with Crippen LogP contribution in [0.4, 0.5) is 0 Å². The van der Waals surface area contributed by atoms with Crippen LogP contribution < -0.4 is 0 Å². The van der Waals surface area contributed by atoms with E-state index in [4.69, 9.17) is 4.52 Å². The van der Waals surface area contributed by atoms with Crippen molar-refractivity contribution < 1.29 is 4.52 Å². The third kappa shape index (κ3) is 2.85. The maximum atomic E-state index is 5.40. The van der Waals surface area contributed by atoms with Crippen LogP contribution in [-0.2, 0) is 6.54 Å². The van der Waals surface area contributed by atoms with E-state index in [0.717, 1.165) is 36.5 Å². The predicted molar refractivity (Wildman–Crippen MR) is 81.0 cm³/mol. The summed E-state index contributed by atoms with van der Waals surface area (Å²) in [4.78, 5) is 15.3. The van der Waals surface area contributed by atoms with Gasteiger partial charge in [0.1, 0.15) is 17.8 Å². The molecule has 0 unspecified atom stereocenters. The molecule has 0 aromatic carbocycles. The van der Waals surface area contributed by atoms with Gasteiger partial charge in [-0.25, -0.2) is 4.98 Å². The highest BCUT2D eigenvalue weighted by molar-refractivity contribution is 5.48. The third-order valence-electron chi connectivity index (χ3n) is 4.06. The Kier molecular flexibility index (Phi) is 3.58. The van der Waals surface area contributed by atoms with E-state index >= 15 is 0 Å². The molecule has 0 saturated carbocycles. The molecule has 23 heavy (non-hydrogen) atoms. The zero-order chi connectivity index (χ0) is 15.6. The van der Waals surface area contributed by atoms with Gasteiger partial charge in [-0.1, -0.05) is 5.16 Å². The summed E-state index contributed by atoms with van der Waals surface area (Å²) in [6.07, 6.45) is 5.46. The molecule has 1 saturated heterocycles. The minimum Gasteiger partial charge on any atom is -0.337 e. The van der Waals surface area contributed by atoms with Crippen molar-refractivity contribution in [1.82, 2.24) is 35.2 Å². The summed E-state index contributed by atoms with van der Waals surface area (Å²) in [7, 11) is 0. The van der Waals surface area contributed by atoms with Gasteiger partial charge in [-0.05, 0) is 44.0 Å². The lowest BCUT2D eigenvalue weighted by Crippen LogP contribution is -2.23. The van der Waals surface area contributed by atoms with Gasteiger partial charge in [0.25, 0.3) is 0 Å². The molecule has 1 aliphatic heterocycles. The molecule has 3 aromatic heterocycles. The predicted octanol–water partition coefficient (Wildman–Crippen LogP) is 1.90. The Hall–Kier alpha value is -2.61. The van der Waals surface area contributed by atoms with Crippen LogP contribution in [0.5, 0.6) is 0 Å². The van der Waals surface area contributed by atoms with Crippen LogP contribution in [0.25, 0.3) is 11.5 Å². The maximum absolute atomic E-state index is 5.40. The van der Waals surface area contributed by atoms with Gasteiger partial charge in [-0.2, -0.15) is 10.1 Å². The van der Waals surface area contributed by atoms with Crippen LogP contribution in [0.1, 0.15) is 36.2 Å². The topological polar surface area (TPSA) is 96.6 Å². The van der Waals surface area contributed by atoms with Gasteiger partial charge in [0, 0.05) is 6.20 Å². The van der Waals surface area contributed by atoms with E-state index in [1.807, 2.05) is 19.1 Å². The Morgan fingerprint density at radius 1 is 1.39 bits per heavy atom. The van der Waals surface area contributed by atoms with Gasteiger partial charge < -0.3 is 4.52 Å². The molecule has 0 amide bonds. The van der Waals surface area contributed by atoms with Crippen LogP contribution in [0.2, 0.25) is 0 Å². The highest BCUT2D eigenvalue weighted by Crippen LogP contribution is 2.30. The van der Waals surface area contributed by atoms with Crippen LogP contribution in [0.3, 0.4) is 0 Å². The molecule has 4 rings (SSSR count). The zero-order valence-electron chi connectivity index (χ0n) is 12.8. The Morgan fingerprint density at radius 2 is 2.35 bits per heavy atom. The highest BCUT2D eigenvalue weighted by Gasteiger charge is 2.29. The number of nitrogens with one attached hydrogen (secondary N) is 1. The molecule has 4 heterocycles. The summed E-state index contributed by atoms with van der Waals surface area (Å²) in [6, 6.07) is 4.11. The average Bonchev–Trinajstić information content (AvgIpc) is 3.29. The van der Waals surface area contributed by atoms with Gasteiger partial charge in [0.2, 0.25) is 11.7 Å². The van der Waals surface area contributed by atoms with Gasteiger partial charge >= 0.3 is 0 Å². The molecule has 8 nitrogen and oxygen atoms in total. The van der Waals surface area contributed by atoms with Gasteiger partial charge in [0.05, 0.1) is 12.6 Å². The Morgan fingerprint density at radius 3 is 3.17 bits per heavy atom. The average molecular weight is 311 g/mol. The molecular formula is C15H17N7O. The number of H-pyrrole nitrogens is 1. The van der Waals surface area contributed by atoms with Crippen molar-refractivity contribution in [2.45, 2.75) is 32.4 Å². The summed E-state index contributed by atoms with van der Waals surface area (Å²) >= 11 is 0. The van der Waals surface area contributed by atoms with Crippen molar-refractivity contribution in [2.75, 3.05) is 6.54 Å². The van der Waals surface area contributed by atoms with Gasteiger partial charge in [0.15, 0.2) is 0 Å². The first-order valence-electron chi connectivity index (χ1n) is 7.64. The van der Waals surface area contributed by atoms with Crippen molar-refractivity contribution in [3.8, 4) is 11.5 Å². The largest absolute Gasteiger partial charge is 0.337 e. The lowest BCUT2D eigenvalue weighted by atomic mass is 10.2. The number of nitrogens with zero attached hydrogens (tertiary/aromatic N) is 6. The minimum absolute atomic E-state index is 0.227. The second-order valence-corrected chi connectivity index (χ2v) is 5.73. The molecular weight excluding hydrogens is 294 g/mol. The van der Waals surface area contributed by atoms with Crippen LogP contribution in [0, 0.1) is 6.92 Å². The number of aromatic amines is 1. The standard InChI is InChI=1S/C15H17N7O/c1-10-4-5-16-11(7-10)14-19-13(23-21-14)8-22-6-2-3-12(22)15-17-9-18-20-15/h4-5,7,9,12H,2-3,6,8H2,1H3,(H,17,18,20)/t12-/m0/s1. The number of aryl methyl sites for hydroxylation is 1. The Labute approximate surface area is 133 Å². The van der Waals surface area contributed by atoms with E-state index in [9.17, 15) is 0 Å². The van der Waals surface area contributed by atoms with E-state index in [1.165, 1.54) is 0 Å². The lowest BCUT2D eigenvalue weighted by molar-refractivity contribution is 0.206. The summed E-state index contributed by atoms with van der Waals surface area (Å²) in [5.41, 5.74) is 1.85. The number of pyridine rings is 1. The molecule has 0 aliphatic carbocycles. The van der Waals surface area contributed by atoms with Crippen molar-refractivity contribution >= 4 is 0 Å². The smallest absolute Gasteiger partial charge is 0.241 e. The molecule has 8 heteroatoms. The van der Waals surface area contributed by atoms with E-state index in [-0.39, 0.29) is 6.04 Å². The minimum atomic E-state index is 0.227. The first-order chi connectivity index (χ1) is 11.3. The van der Waals surface area contributed by atoms with Crippen molar-refractivity contribution in [2.24, 2.45) is 0 Å². The highest BCUT2D eigenvalue weighted by atomic mass is 16.5. The fourth-order valence-corrected chi connectivity index (χ4v) is 2.96. The number of aromatic nitrogens is 6. The Bertz CT molecular complexity index is 783. The SMILES string of the molecule is Cc1ccnc(-c2noc(CN3CCC[C@H]3c3ncn[nH]3)n2)c1. The van der Waals surface area contributed by atoms with Crippen molar-refractivity contribution in [3.05, 3.63) is 41.9 Å². The van der Waals surface area contributed by atoms with Crippen LogP contribution >= 0.6 is 0 Å². The summed E-state index contributed by atoms with van der Waals surface area (Å²) in [5.74, 6) is 2.01. The molecule has 1 N–H and O–H groups in total. The number of rotatable bonds is 4. The normalized spacial score (nSPS) is 18.6. The maximum Gasteiger partial charge on any atom is 0.241 e. The number of hydrogen-bond acceptors (Lipinski definition) is 7. The third-order valence-corrected chi connectivity index (χ3v) is 4.06. The summed E-state index contributed by atoms with van der Waals surface area (Å²) < 4.78 is 5.40. The second-order valence-electron chi connectivity index (χ2n) is 5.73. The van der Waals surface area contributed by atoms with Gasteiger partial charge in [-0.15, -0.1) is 0 Å². The monoisotopic (exact) mass is 311 g/mol. The Balaban J connectivity index is 1.51.